The Balaban J connectivity index is 3.43. The van der Waals surface area contributed by atoms with Crippen LogP contribution in [-0.4, -0.2) is 34.0 Å². The second-order valence-electron chi connectivity index (χ2n) is 5.18. The molecule has 0 saturated heterocycles. The lowest BCUT2D eigenvalue weighted by atomic mass is 9.91. The minimum Gasteiger partial charge on any atom is -0.265 e. The van der Waals surface area contributed by atoms with Crippen LogP contribution in [0.2, 0.25) is 0 Å². The summed E-state index contributed by atoms with van der Waals surface area (Å²) in [6.45, 7) is 6.47. The third-order valence-electron chi connectivity index (χ3n) is 2.45. The quantitative estimate of drug-likeness (QED) is 0.614. The van der Waals surface area contributed by atoms with E-state index in [0.29, 0.717) is 5.16 Å². The van der Waals surface area contributed by atoms with Crippen molar-refractivity contribution in [2.24, 2.45) is 11.0 Å². The monoisotopic (exact) mass is 286 g/mol. The molecular formula is C12H19FN4OS. The summed E-state index contributed by atoms with van der Waals surface area (Å²) in [5.41, 5.74) is -1.29. The van der Waals surface area contributed by atoms with Crippen LogP contribution in [0, 0.1) is 5.92 Å². The van der Waals surface area contributed by atoms with Gasteiger partial charge in [-0.25, -0.2) is 0 Å². The van der Waals surface area contributed by atoms with Gasteiger partial charge in [0.15, 0.2) is 0 Å². The highest BCUT2D eigenvalue weighted by Gasteiger charge is 2.28. The van der Waals surface area contributed by atoms with Gasteiger partial charge in [0.25, 0.3) is 5.56 Å². The smallest absolute Gasteiger partial charge is 0.265 e. The van der Waals surface area contributed by atoms with Gasteiger partial charge >= 0.3 is 0 Å². The Labute approximate surface area is 116 Å². The van der Waals surface area contributed by atoms with Crippen LogP contribution in [0.5, 0.6) is 0 Å². The van der Waals surface area contributed by atoms with Gasteiger partial charge < -0.3 is 0 Å². The van der Waals surface area contributed by atoms with Crippen molar-refractivity contribution in [3.8, 4) is 0 Å². The van der Waals surface area contributed by atoms with E-state index in [9.17, 15) is 9.18 Å². The number of halogens is 1. The summed E-state index contributed by atoms with van der Waals surface area (Å²) in [4.78, 5) is 12.3. The van der Waals surface area contributed by atoms with Crippen molar-refractivity contribution < 1.29 is 4.39 Å². The summed E-state index contributed by atoms with van der Waals surface area (Å²) in [6, 6.07) is 0. The maximum absolute atomic E-state index is 13.0. The van der Waals surface area contributed by atoms with Crippen molar-refractivity contribution >= 4 is 18.0 Å². The average molecular weight is 286 g/mol. The molecule has 0 unspecified atom stereocenters. The second kappa shape index (κ2) is 6.27. The van der Waals surface area contributed by atoms with Gasteiger partial charge in [0.2, 0.25) is 5.16 Å². The van der Waals surface area contributed by atoms with E-state index in [0.717, 1.165) is 0 Å². The molecule has 1 heterocycles. The fourth-order valence-electron chi connectivity index (χ4n) is 1.28. The number of alkyl halides is 1. The molecule has 1 aromatic rings. The van der Waals surface area contributed by atoms with Crippen LogP contribution < -0.4 is 5.56 Å². The van der Waals surface area contributed by atoms with E-state index in [4.69, 9.17) is 0 Å². The standard InChI is InChI=1S/C12H19FN4OS/c1-8(2)6-14-17-10(18)9(12(3,4)7-13)15-16-11(17)19-5/h6,8H,7H2,1-5H3. The number of thioether (sulfide) groups is 1. The maximum Gasteiger partial charge on any atom is 0.297 e. The van der Waals surface area contributed by atoms with Crippen LogP contribution >= 0.6 is 11.8 Å². The van der Waals surface area contributed by atoms with Crippen LogP contribution in [0.15, 0.2) is 15.1 Å². The molecule has 0 aliphatic heterocycles. The molecule has 0 aliphatic rings. The lowest BCUT2D eigenvalue weighted by Gasteiger charge is -2.18. The lowest BCUT2D eigenvalue weighted by molar-refractivity contribution is 0.334. The van der Waals surface area contributed by atoms with Gasteiger partial charge in [-0.15, -0.1) is 10.2 Å². The summed E-state index contributed by atoms with van der Waals surface area (Å²) in [5, 5.41) is 12.3. The molecule has 106 valence electrons. The van der Waals surface area contributed by atoms with Crippen molar-refractivity contribution in [1.29, 1.82) is 0 Å². The fraction of sp³-hybridized carbons (Fsp3) is 0.667. The van der Waals surface area contributed by atoms with E-state index in [-0.39, 0.29) is 11.6 Å². The van der Waals surface area contributed by atoms with Gasteiger partial charge in [0.1, 0.15) is 12.4 Å². The van der Waals surface area contributed by atoms with E-state index >= 15 is 0 Å². The van der Waals surface area contributed by atoms with E-state index in [2.05, 4.69) is 15.3 Å². The summed E-state index contributed by atoms with van der Waals surface area (Å²) in [7, 11) is 0. The first-order chi connectivity index (χ1) is 8.83. The van der Waals surface area contributed by atoms with E-state index in [1.54, 1.807) is 26.3 Å². The summed E-state index contributed by atoms with van der Waals surface area (Å²) in [6.07, 6.45) is 3.43. The highest BCUT2D eigenvalue weighted by atomic mass is 32.2. The Kier molecular flexibility index (Phi) is 5.22. The van der Waals surface area contributed by atoms with Gasteiger partial charge in [0.05, 0.1) is 0 Å². The molecule has 5 nitrogen and oxygen atoms in total. The zero-order valence-corrected chi connectivity index (χ0v) is 12.7. The highest BCUT2D eigenvalue weighted by Crippen LogP contribution is 2.19. The van der Waals surface area contributed by atoms with Crippen molar-refractivity contribution in [3.05, 3.63) is 16.0 Å². The van der Waals surface area contributed by atoms with Crippen LogP contribution in [0.4, 0.5) is 4.39 Å². The summed E-state index contributed by atoms with van der Waals surface area (Å²) < 4.78 is 14.2. The number of nitrogens with zero attached hydrogens (tertiary/aromatic N) is 4. The van der Waals surface area contributed by atoms with E-state index < -0.39 is 17.6 Å². The van der Waals surface area contributed by atoms with E-state index in [1.807, 2.05) is 13.8 Å². The van der Waals surface area contributed by atoms with Crippen molar-refractivity contribution in [2.75, 3.05) is 12.9 Å². The predicted molar refractivity (Wildman–Crippen MR) is 75.8 cm³/mol. The van der Waals surface area contributed by atoms with E-state index in [1.165, 1.54) is 16.4 Å². The Bertz CT molecular complexity index is 525. The Morgan fingerprint density at radius 1 is 1.47 bits per heavy atom. The number of hydrogen-bond donors (Lipinski definition) is 0. The first kappa shape index (κ1) is 15.8. The third-order valence-corrected chi connectivity index (χ3v) is 3.07. The molecule has 0 fully saturated rings. The van der Waals surface area contributed by atoms with Gasteiger partial charge in [0, 0.05) is 11.6 Å². The summed E-state index contributed by atoms with van der Waals surface area (Å²) >= 11 is 1.27. The largest absolute Gasteiger partial charge is 0.297 e. The average Bonchev–Trinajstić information content (AvgIpc) is 2.36. The molecule has 1 rings (SSSR count). The Morgan fingerprint density at radius 3 is 2.58 bits per heavy atom. The number of rotatable bonds is 5. The SMILES string of the molecule is CSc1nnc(C(C)(C)CF)c(=O)n1N=CC(C)C. The van der Waals surface area contributed by atoms with Crippen LogP contribution in [-0.2, 0) is 5.41 Å². The van der Waals surface area contributed by atoms with Gasteiger partial charge in [-0.2, -0.15) is 9.78 Å². The zero-order chi connectivity index (χ0) is 14.6. The molecule has 0 aliphatic carbocycles. The molecule has 0 amide bonds. The molecule has 0 N–H and O–H groups in total. The van der Waals surface area contributed by atoms with Gasteiger partial charge in [-0.1, -0.05) is 39.5 Å². The first-order valence-electron chi connectivity index (χ1n) is 5.98. The third kappa shape index (κ3) is 3.62. The number of aromatic nitrogens is 3. The van der Waals surface area contributed by atoms with Crippen LogP contribution in [0.3, 0.4) is 0 Å². The molecule has 1 aromatic heterocycles. The second-order valence-corrected chi connectivity index (χ2v) is 5.95. The van der Waals surface area contributed by atoms with Crippen molar-refractivity contribution in [2.45, 2.75) is 38.3 Å². The van der Waals surface area contributed by atoms with Gasteiger partial charge in [-0.05, 0) is 12.2 Å². The first-order valence-corrected chi connectivity index (χ1v) is 7.20. The van der Waals surface area contributed by atoms with Crippen LogP contribution in [0.25, 0.3) is 0 Å². The molecule has 0 saturated carbocycles. The Morgan fingerprint density at radius 2 is 2.11 bits per heavy atom. The minimum absolute atomic E-state index is 0.0914. The van der Waals surface area contributed by atoms with Crippen molar-refractivity contribution in [3.63, 3.8) is 0 Å². The molecular weight excluding hydrogens is 267 g/mol. The molecule has 19 heavy (non-hydrogen) atoms. The molecule has 0 atom stereocenters. The molecule has 0 spiro atoms. The topological polar surface area (TPSA) is 60.1 Å². The minimum atomic E-state index is -0.962. The fourth-order valence-corrected chi connectivity index (χ4v) is 1.71. The molecule has 0 aromatic carbocycles. The predicted octanol–water partition coefficient (Wildman–Crippen LogP) is 2.10. The Hall–Kier alpha value is -1.24. The summed E-state index contributed by atoms with van der Waals surface area (Å²) in [5.74, 6) is 0.201. The molecule has 0 bridgehead atoms. The lowest BCUT2D eigenvalue weighted by Crippen LogP contribution is -2.35. The number of hydrogen-bond acceptors (Lipinski definition) is 5. The maximum atomic E-state index is 13.0. The zero-order valence-electron chi connectivity index (χ0n) is 11.8. The van der Waals surface area contributed by atoms with Crippen LogP contribution in [0.1, 0.15) is 33.4 Å². The van der Waals surface area contributed by atoms with Crippen molar-refractivity contribution in [1.82, 2.24) is 14.9 Å². The molecule has 0 radical (unpaired) electrons. The highest BCUT2D eigenvalue weighted by molar-refractivity contribution is 7.98. The van der Waals surface area contributed by atoms with Gasteiger partial charge in [-0.3, -0.25) is 9.18 Å². The normalized spacial score (nSPS) is 12.6. The molecule has 7 heteroatoms.